The topological polar surface area (TPSA) is 82.6 Å². The second-order valence-electron chi connectivity index (χ2n) is 8.69. The zero-order chi connectivity index (χ0) is 23.2. The van der Waals surface area contributed by atoms with E-state index in [0.717, 1.165) is 70.2 Å². The summed E-state index contributed by atoms with van der Waals surface area (Å²) in [7, 11) is 2.10. The molecule has 0 atom stereocenters. The van der Waals surface area contributed by atoms with Gasteiger partial charge in [0.25, 0.3) is 0 Å². The van der Waals surface area contributed by atoms with Gasteiger partial charge in [0.15, 0.2) is 0 Å². The van der Waals surface area contributed by atoms with E-state index in [1.54, 1.807) is 18.2 Å². The van der Waals surface area contributed by atoms with E-state index in [-0.39, 0.29) is 5.56 Å². The number of hydrogen-bond donors (Lipinski definition) is 1. The summed E-state index contributed by atoms with van der Waals surface area (Å²) in [6.07, 6.45) is 0. The molecule has 2 aliphatic rings. The van der Waals surface area contributed by atoms with Crippen molar-refractivity contribution >= 4 is 11.9 Å². The average molecular weight is 454 g/mol. The van der Waals surface area contributed by atoms with Crippen LogP contribution < -0.4 is 4.74 Å². The van der Waals surface area contributed by atoms with E-state index in [1.807, 2.05) is 18.2 Å². The highest BCUT2D eigenvalue weighted by Gasteiger charge is 2.20. The normalized spacial score (nSPS) is 18.2. The van der Waals surface area contributed by atoms with Crippen LogP contribution in [0.3, 0.4) is 0 Å². The molecule has 0 bridgehead atoms. The smallest absolute Gasteiger partial charge is 0.343 e. The molecule has 176 valence electrons. The Labute approximate surface area is 194 Å². The van der Waals surface area contributed by atoms with Crippen molar-refractivity contribution in [3.63, 3.8) is 0 Å². The van der Waals surface area contributed by atoms with Gasteiger partial charge in [-0.3, -0.25) is 9.80 Å². The summed E-state index contributed by atoms with van der Waals surface area (Å²) in [4.78, 5) is 31.4. The van der Waals surface area contributed by atoms with Crippen molar-refractivity contribution < 1.29 is 24.2 Å². The highest BCUT2D eigenvalue weighted by Crippen LogP contribution is 2.24. The van der Waals surface area contributed by atoms with Crippen molar-refractivity contribution in [2.45, 2.75) is 13.1 Å². The number of carbonyl (C=O) groups excluding carboxylic acids is 1. The summed E-state index contributed by atoms with van der Waals surface area (Å²) in [5, 5.41) is 9.42. The summed E-state index contributed by atoms with van der Waals surface area (Å²) < 4.78 is 11.2. The number of piperazine rings is 1. The lowest BCUT2D eigenvalue weighted by molar-refractivity contribution is 0.0341. The molecule has 2 heterocycles. The number of nitrogens with zero attached hydrogens (tertiary/aromatic N) is 3. The van der Waals surface area contributed by atoms with Crippen molar-refractivity contribution in [3.05, 3.63) is 64.7 Å². The number of benzene rings is 2. The first-order valence-corrected chi connectivity index (χ1v) is 11.4. The number of esters is 1. The molecule has 0 aromatic heterocycles. The van der Waals surface area contributed by atoms with Crippen LogP contribution in [0.1, 0.15) is 31.8 Å². The Hall–Kier alpha value is -2.78. The van der Waals surface area contributed by atoms with Crippen LogP contribution in [-0.4, -0.2) is 91.3 Å². The first-order valence-electron chi connectivity index (χ1n) is 11.4. The summed E-state index contributed by atoms with van der Waals surface area (Å²) in [5.41, 5.74) is 2.39. The first kappa shape index (κ1) is 23.4. The van der Waals surface area contributed by atoms with Crippen LogP contribution in [0, 0.1) is 0 Å². The lowest BCUT2D eigenvalue weighted by Crippen LogP contribution is -2.43. The molecular weight excluding hydrogens is 422 g/mol. The predicted octanol–water partition coefficient (Wildman–Crippen LogP) is 2.18. The molecule has 0 saturated carbocycles. The van der Waals surface area contributed by atoms with Gasteiger partial charge in [0.1, 0.15) is 5.75 Å². The number of likely N-dealkylation sites (N-methyl/N-ethyl adjacent to an activating group) is 1. The number of carbonyl (C=O) groups is 2. The standard InChI is InChI=1S/C25H31N3O5/c1-26-7-9-27(10-8-26)18-22-6-5-20(24(29)30)16-23(22)33-25(31)21-4-2-3-19(15-21)17-28-11-13-32-14-12-28/h2-6,15-16H,7-14,17-18H2,1H3,(H,29,30). The quantitative estimate of drug-likeness (QED) is 0.505. The SMILES string of the molecule is CN1CCN(Cc2ccc(C(=O)O)cc2OC(=O)c2cccc(CN3CCOCC3)c2)CC1. The van der Waals surface area contributed by atoms with E-state index in [1.165, 1.54) is 6.07 Å². The van der Waals surface area contributed by atoms with Crippen molar-refractivity contribution in [3.8, 4) is 5.75 Å². The van der Waals surface area contributed by atoms with E-state index >= 15 is 0 Å². The van der Waals surface area contributed by atoms with Crippen LogP contribution in [0.5, 0.6) is 5.75 Å². The third kappa shape index (κ3) is 6.39. The van der Waals surface area contributed by atoms with Crippen molar-refractivity contribution in [2.75, 3.05) is 59.5 Å². The molecule has 4 rings (SSSR count). The van der Waals surface area contributed by atoms with E-state index in [9.17, 15) is 14.7 Å². The van der Waals surface area contributed by atoms with Gasteiger partial charge in [-0.25, -0.2) is 9.59 Å². The summed E-state index contributed by atoms with van der Waals surface area (Å²) in [6, 6.07) is 12.2. The number of aromatic carboxylic acids is 1. The van der Waals surface area contributed by atoms with Gasteiger partial charge in [-0.05, 0) is 36.9 Å². The zero-order valence-corrected chi connectivity index (χ0v) is 19.0. The number of morpholine rings is 1. The molecule has 1 N–H and O–H groups in total. The molecule has 0 radical (unpaired) electrons. The van der Waals surface area contributed by atoms with Crippen molar-refractivity contribution in [1.29, 1.82) is 0 Å². The Morgan fingerprint density at radius 2 is 1.64 bits per heavy atom. The predicted molar refractivity (Wildman–Crippen MR) is 124 cm³/mol. The van der Waals surface area contributed by atoms with E-state index < -0.39 is 11.9 Å². The number of ether oxygens (including phenoxy) is 2. The van der Waals surface area contributed by atoms with Crippen LogP contribution in [-0.2, 0) is 17.8 Å². The van der Waals surface area contributed by atoms with E-state index in [0.29, 0.717) is 17.9 Å². The third-order valence-electron chi connectivity index (χ3n) is 6.18. The van der Waals surface area contributed by atoms with Crippen LogP contribution in [0.15, 0.2) is 42.5 Å². The Morgan fingerprint density at radius 1 is 0.909 bits per heavy atom. The van der Waals surface area contributed by atoms with Crippen LogP contribution in [0.25, 0.3) is 0 Å². The second-order valence-corrected chi connectivity index (χ2v) is 8.69. The minimum absolute atomic E-state index is 0.0981. The second kappa shape index (κ2) is 10.9. The number of carboxylic acids is 1. The van der Waals surface area contributed by atoms with Gasteiger partial charge in [0.2, 0.25) is 0 Å². The highest BCUT2D eigenvalue weighted by atomic mass is 16.5. The zero-order valence-electron chi connectivity index (χ0n) is 19.0. The molecule has 0 aliphatic carbocycles. The van der Waals surface area contributed by atoms with Gasteiger partial charge in [-0.2, -0.15) is 0 Å². The van der Waals surface area contributed by atoms with Gasteiger partial charge >= 0.3 is 11.9 Å². The van der Waals surface area contributed by atoms with Crippen LogP contribution in [0.2, 0.25) is 0 Å². The van der Waals surface area contributed by atoms with Gasteiger partial charge in [-0.1, -0.05) is 18.2 Å². The molecule has 8 heteroatoms. The minimum atomic E-state index is -1.05. The first-order chi connectivity index (χ1) is 16.0. The van der Waals surface area contributed by atoms with Gasteiger partial charge in [0.05, 0.1) is 24.3 Å². The molecule has 33 heavy (non-hydrogen) atoms. The maximum atomic E-state index is 13.0. The van der Waals surface area contributed by atoms with Crippen molar-refractivity contribution in [1.82, 2.24) is 14.7 Å². The molecule has 2 saturated heterocycles. The van der Waals surface area contributed by atoms with Gasteiger partial charge in [-0.15, -0.1) is 0 Å². The molecule has 0 amide bonds. The molecular formula is C25H31N3O5. The van der Waals surface area contributed by atoms with Gasteiger partial charge < -0.3 is 19.5 Å². The van der Waals surface area contributed by atoms with E-state index in [2.05, 4.69) is 21.7 Å². The molecule has 0 unspecified atom stereocenters. The van der Waals surface area contributed by atoms with Gasteiger partial charge in [0, 0.05) is 57.9 Å². The number of carboxylic acid groups (broad SMARTS) is 1. The molecule has 2 aromatic carbocycles. The average Bonchev–Trinajstić information content (AvgIpc) is 2.82. The maximum absolute atomic E-state index is 13.0. The maximum Gasteiger partial charge on any atom is 0.343 e. The Kier molecular flexibility index (Phi) is 7.72. The van der Waals surface area contributed by atoms with Crippen molar-refractivity contribution in [2.24, 2.45) is 0 Å². The fourth-order valence-electron chi connectivity index (χ4n) is 4.13. The molecule has 2 aliphatic heterocycles. The Morgan fingerprint density at radius 3 is 2.36 bits per heavy atom. The van der Waals surface area contributed by atoms with E-state index in [4.69, 9.17) is 9.47 Å². The van der Waals surface area contributed by atoms with Crippen LogP contribution >= 0.6 is 0 Å². The summed E-state index contributed by atoms with van der Waals surface area (Å²) in [6.45, 7) is 8.29. The molecule has 0 spiro atoms. The Balaban J connectivity index is 1.49. The molecule has 8 nitrogen and oxygen atoms in total. The lowest BCUT2D eigenvalue weighted by Gasteiger charge is -2.32. The summed E-state index contributed by atoms with van der Waals surface area (Å²) >= 11 is 0. The third-order valence-corrected chi connectivity index (χ3v) is 6.18. The van der Waals surface area contributed by atoms with Crippen LogP contribution in [0.4, 0.5) is 0 Å². The molecule has 2 fully saturated rings. The fourth-order valence-corrected chi connectivity index (χ4v) is 4.13. The largest absolute Gasteiger partial charge is 0.478 e. The molecule has 2 aromatic rings. The Bertz CT molecular complexity index is 982. The number of hydrogen-bond acceptors (Lipinski definition) is 7. The highest BCUT2D eigenvalue weighted by molar-refractivity contribution is 5.92. The monoisotopic (exact) mass is 453 g/mol. The number of rotatable bonds is 7. The summed E-state index contributed by atoms with van der Waals surface area (Å²) in [5.74, 6) is -1.23. The lowest BCUT2D eigenvalue weighted by atomic mass is 10.1. The minimum Gasteiger partial charge on any atom is -0.478 e. The fraction of sp³-hybridized carbons (Fsp3) is 0.440.